The van der Waals surface area contributed by atoms with Gasteiger partial charge in [0.1, 0.15) is 5.75 Å². The van der Waals surface area contributed by atoms with Crippen molar-refractivity contribution in [3.63, 3.8) is 0 Å². The van der Waals surface area contributed by atoms with E-state index in [9.17, 15) is 9.59 Å². The number of anilines is 2. The summed E-state index contributed by atoms with van der Waals surface area (Å²) in [6, 6.07) is 4.82. The molecule has 3 N–H and O–H groups in total. The Morgan fingerprint density at radius 1 is 1.28 bits per heavy atom. The van der Waals surface area contributed by atoms with Gasteiger partial charge in [-0.05, 0) is 50.3 Å². The number of ether oxygens (including phenoxy) is 2. The molecule has 1 aromatic rings. The molecule has 7 nitrogen and oxygen atoms in total. The van der Waals surface area contributed by atoms with E-state index in [1.165, 1.54) is 14.0 Å². The fourth-order valence-electron chi connectivity index (χ4n) is 2.82. The van der Waals surface area contributed by atoms with Crippen molar-refractivity contribution in [1.82, 2.24) is 5.32 Å². The predicted octanol–water partition coefficient (Wildman–Crippen LogP) is 3.12. The van der Waals surface area contributed by atoms with Gasteiger partial charge in [0.25, 0.3) is 0 Å². The van der Waals surface area contributed by atoms with Crippen LogP contribution in [0.15, 0.2) is 18.2 Å². The van der Waals surface area contributed by atoms with Gasteiger partial charge in [-0.15, -0.1) is 0 Å². The lowest BCUT2D eigenvalue weighted by atomic mass is 10.1. The average Bonchev–Trinajstić information content (AvgIpc) is 3.07. The molecule has 0 saturated carbocycles. The number of unbranched alkanes of at least 4 members (excludes halogenated alkanes) is 1. The minimum atomic E-state index is -0.268. The molecule has 3 amide bonds. The minimum Gasteiger partial charge on any atom is -0.495 e. The normalized spacial score (nSPS) is 16.3. The van der Waals surface area contributed by atoms with Crippen LogP contribution in [0, 0.1) is 0 Å². The van der Waals surface area contributed by atoms with E-state index in [-0.39, 0.29) is 11.9 Å². The van der Waals surface area contributed by atoms with Crippen molar-refractivity contribution in [2.24, 2.45) is 0 Å². The molecule has 1 heterocycles. The molecule has 1 aliphatic heterocycles. The Morgan fingerprint density at radius 3 is 2.80 bits per heavy atom. The molecule has 0 bridgehead atoms. The molecule has 138 valence electrons. The number of methoxy groups -OCH3 is 1. The molecule has 1 atom stereocenters. The fraction of sp³-hybridized carbons (Fsp3) is 0.556. The Balaban J connectivity index is 1.72. The van der Waals surface area contributed by atoms with E-state index in [2.05, 4.69) is 16.0 Å². The summed E-state index contributed by atoms with van der Waals surface area (Å²) in [5, 5.41) is 8.27. The maximum atomic E-state index is 12.0. The van der Waals surface area contributed by atoms with Crippen LogP contribution in [-0.2, 0) is 9.53 Å². The van der Waals surface area contributed by atoms with E-state index in [1.54, 1.807) is 18.2 Å². The van der Waals surface area contributed by atoms with Crippen LogP contribution in [0.25, 0.3) is 0 Å². The average molecular weight is 349 g/mol. The largest absolute Gasteiger partial charge is 0.495 e. The second kappa shape index (κ2) is 9.88. The Morgan fingerprint density at radius 2 is 2.12 bits per heavy atom. The van der Waals surface area contributed by atoms with Crippen LogP contribution in [0.2, 0.25) is 0 Å². The first-order chi connectivity index (χ1) is 12.1. The number of benzene rings is 1. The Bertz CT molecular complexity index is 586. The first-order valence-electron chi connectivity index (χ1n) is 8.70. The number of nitrogens with one attached hydrogen (secondary N) is 3. The van der Waals surface area contributed by atoms with Crippen molar-refractivity contribution < 1.29 is 19.1 Å². The molecule has 1 aliphatic rings. The molecule has 7 heteroatoms. The van der Waals surface area contributed by atoms with Gasteiger partial charge in [-0.1, -0.05) is 0 Å². The smallest absolute Gasteiger partial charge is 0.319 e. The molecule has 1 unspecified atom stereocenters. The number of hydrogen-bond acceptors (Lipinski definition) is 4. The third kappa shape index (κ3) is 6.62. The monoisotopic (exact) mass is 349 g/mol. The zero-order chi connectivity index (χ0) is 18.1. The zero-order valence-electron chi connectivity index (χ0n) is 14.9. The van der Waals surface area contributed by atoms with Gasteiger partial charge in [-0.3, -0.25) is 4.79 Å². The van der Waals surface area contributed by atoms with Gasteiger partial charge < -0.3 is 25.4 Å². The van der Waals surface area contributed by atoms with Crippen molar-refractivity contribution in [3.05, 3.63) is 18.2 Å². The molecule has 1 fully saturated rings. The van der Waals surface area contributed by atoms with Crippen molar-refractivity contribution in [1.29, 1.82) is 0 Å². The van der Waals surface area contributed by atoms with Crippen molar-refractivity contribution in [3.8, 4) is 5.75 Å². The van der Waals surface area contributed by atoms with E-state index in [1.807, 2.05) is 0 Å². The highest BCUT2D eigenvalue weighted by atomic mass is 16.5. The topological polar surface area (TPSA) is 88.7 Å². The van der Waals surface area contributed by atoms with Crippen molar-refractivity contribution in [2.45, 2.75) is 45.1 Å². The number of urea groups is 1. The summed E-state index contributed by atoms with van der Waals surface area (Å²) in [6.45, 7) is 2.92. The van der Waals surface area contributed by atoms with Crippen LogP contribution in [0.1, 0.15) is 39.0 Å². The Labute approximate surface area is 148 Å². The maximum Gasteiger partial charge on any atom is 0.319 e. The summed E-state index contributed by atoms with van der Waals surface area (Å²) in [4.78, 5) is 23.2. The predicted molar refractivity (Wildman–Crippen MR) is 97.1 cm³/mol. The van der Waals surface area contributed by atoms with Gasteiger partial charge in [-0.2, -0.15) is 0 Å². The van der Waals surface area contributed by atoms with E-state index < -0.39 is 0 Å². The second-order valence-electron chi connectivity index (χ2n) is 6.11. The summed E-state index contributed by atoms with van der Waals surface area (Å²) in [7, 11) is 1.52. The first kappa shape index (κ1) is 19.1. The van der Waals surface area contributed by atoms with Gasteiger partial charge in [0.15, 0.2) is 0 Å². The second-order valence-corrected chi connectivity index (χ2v) is 6.11. The van der Waals surface area contributed by atoms with Crippen LogP contribution < -0.4 is 20.7 Å². The van der Waals surface area contributed by atoms with Crippen molar-refractivity contribution in [2.75, 3.05) is 30.9 Å². The standard InChI is InChI=1S/C18H27N3O4/c1-13(22)20-16-12-14(8-9-17(16)24-2)21-18(23)19-10-4-3-6-15-7-5-11-25-15/h8-9,12,15H,3-7,10-11H2,1-2H3,(H,20,22)(H2,19,21,23). The molecule has 0 aromatic heterocycles. The van der Waals surface area contributed by atoms with Crippen molar-refractivity contribution >= 4 is 23.3 Å². The number of amides is 3. The molecular formula is C18H27N3O4. The van der Waals surface area contributed by atoms with Gasteiger partial charge in [0.05, 0.1) is 18.9 Å². The first-order valence-corrected chi connectivity index (χ1v) is 8.70. The highest BCUT2D eigenvalue weighted by Crippen LogP contribution is 2.27. The molecule has 0 spiro atoms. The van der Waals surface area contributed by atoms with Gasteiger partial charge in [0.2, 0.25) is 5.91 Å². The van der Waals surface area contributed by atoms with Crippen LogP contribution in [0.4, 0.5) is 16.2 Å². The summed E-state index contributed by atoms with van der Waals surface area (Å²) >= 11 is 0. The molecule has 1 saturated heterocycles. The number of hydrogen-bond donors (Lipinski definition) is 3. The van der Waals surface area contributed by atoms with Crippen LogP contribution in [0.3, 0.4) is 0 Å². The quantitative estimate of drug-likeness (QED) is 0.629. The van der Waals surface area contributed by atoms with Gasteiger partial charge in [-0.25, -0.2) is 4.79 Å². The molecule has 25 heavy (non-hydrogen) atoms. The Hall–Kier alpha value is -2.28. The fourth-order valence-corrected chi connectivity index (χ4v) is 2.82. The lowest BCUT2D eigenvalue weighted by Gasteiger charge is -2.13. The third-order valence-corrected chi connectivity index (χ3v) is 4.03. The van der Waals surface area contributed by atoms with E-state index in [4.69, 9.17) is 9.47 Å². The summed E-state index contributed by atoms with van der Waals surface area (Å²) < 4.78 is 10.8. The molecule has 0 radical (unpaired) electrons. The van der Waals surface area contributed by atoms with E-state index in [0.29, 0.717) is 29.8 Å². The van der Waals surface area contributed by atoms with Crippen LogP contribution in [-0.4, -0.2) is 38.3 Å². The minimum absolute atomic E-state index is 0.203. The molecular weight excluding hydrogens is 322 g/mol. The summed E-state index contributed by atoms with van der Waals surface area (Å²) in [5.74, 6) is 0.335. The summed E-state index contributed by atoms with van der Waals surface area (Å²) in [6.07, 6.45) is 5.74. The lowest BCUT2D eigenvalue weighted by Crippen LogP contribution is -2.29. The maximum absolute atomic E-state index is 12.0. The zero-order valence-corrected chi connectivity index (χ0v) is 14.9. The number of carbonyl (C=O) groups is 2. The molecule has 0 aliphatic carbocycles. The summed E-state index contributed by atoms with van der Waals surface area (Å²) in [5.41, 5.74) is 1.10. The number of carbonyl (C=O) groups excluding carboxylic acids is 2. The van der Waals surface area contributed by atoms with Crippen LogP contribution >= 0.6 is 0 Å². The molecule has 2 rings (SSSR count). The highest BCUT2D eigenvalue weighted by Gasteiger charge is 2.14. The SMILES string of the molecule is COc1ccc(NC(=O)NCCCCC2CCCO2)cc1NC(C)=O. The number of rotatable bonds is 8. The molecule has 1 aromatic carbocycles. The van der Waals surface area contributed by atoms with E-state index in [0.717, 1.165) is 38.7 Å². The van der Waals surface area contributed by atoms with Crippen LogP contribution in [0.5, 0.6) is 5.75 Å². The van der Waals surface area contributed by atoms with E-state index >= 15 is 0 Å². The third-order valence-electron chi connectivity index (χ3n) is 4.03. The highest BCUT2D eigenvalue weighted by molar-refractivity contribution is 5.94. The Kier molecular flexibility index (Phi) is 7.53. The van der Waals surface area contributed by atoms with Gasteiger partial charge in [0, 0.05) is 25.8 Å². The van der Waals surface area contributed by atoms with Gasteiger partial charge >= 0.3 is 6.03 Å². The lowest BCUT2D eigenvalue weighted by molar-refractivity contribution is -0.114.